The zero-order valence-electron chi connectivity index (χ0n) is 14.8. The van der Waals surface area contributed by atoms with Gasteiger partial charge in [-0.15, -0.1) is 0 Å². The summed E-state index contributed by atoms with van der Waals surface area (Å²) in [6.45, 7) is 5.02. The molecule has 3 rings (SSSR count). The molecule has 1 aliphatic rings. The minimum absolute atomic E-state index is 0.0334. The van der Waals surface area contributed by atoms with Crippen LogP contribution in [0.1, 0.15) is 25.3 Å². The molecule has 2 aromatic rings. The van der Waals surface area contributed by atoms with Gasteiger partial charge in [0.1, 0.15) is 0 Å². The number of rotatable bonds is 5. The molecule has 134 valence electrons. The van der Waals surface area contributed by atoms with E-state index < -0.39 is 0 Å². The van der Waals surface area contributed by atoms with Gasteiger partial charge in [-0.2, -0.15) is 0 Å². The number of carbonyl (C=O) groups excluding carboxylic acids is 2. The van der Waals surface area contributed by atoms with Crippen LogP contribution >= 0.6 is 0 Å². The molecule has 1 fully saturated rings. The summed E-state index contributed by atoms with van der Waals surface area (Å²) in [7, 11) is 0. The topological polar surface area (TPSA) is 68.4 Å². The highest BCUT2D eigenvalue weighted by molar-refractivity contribution is 5.83. The minimum Gasteiger partial charge on any atom is -0.361 e. The summed E-state index contributed by atoms with van der Waals surface area (Å²) < 4.78 is 0. The Hall–Kier alpha value is -2.50. The van der Waals surface area contributed by atoms with E-state index in [1.54, 1.807) is 4.90 Å². The number of hydrogen-bond donors (Lipinski definition) is 2. The molecule has 0 aliphatic carbocycles. The molecular weight excluding hydrogens is 316 g/mol. The fraction of sp³-hybridized carbons (Fsp3) is 0.474. The van der Waals surface area contributed by atoms with E-state index >= 15 is 0 Å². The molecule has 2 N–H and O–H groups in total. The summed E-state index contributed by atoms with van der Waals surface area (Å²) >= 11 is 0. The SMILES string of the molecule is CCNC(=O)N1CCN(C(=O)CCCc2c[nH]c3ccccc23)CC1. The minimum atomic E-state index is -0.0334. The van der Waals surface area contributed by atoms with E-state index in [1.165, 1.54) is 10.9 Å². The molecule has 1 aromatic carbocycles. The number of aromatic nitrogens is 1. The first-order valence-corrected chi connectivity index (χ1v) is 9.04. The second kappa shape index (κ2) is 8.05. The fourth-order valence-corrected chi connectivity index (χ4v) is 3.35. The number of urea groups is 1. The molecule has 1 aliphatic heterocycles. The Morgan fingerprint density at radius 2 is 1.84 bits per heavy atom. The van der Waals surface area contributed by atoms with E-state index in [9.17, 15) is 9.59 Å². The molecule has 0 atom stereocenters. The predicted octanol–water partition coefficient (Wildman–Crippen LogP) is 2.36. The number of fused-ring (bicyclic) bond motifs is 1. The Morgan fingerprint density at radius 1 is 1.12 bits per heavy atom. The van der Waals surface area contributed by atoms with Crippen molar-refractivity contribution in [3.63, 3.8) is 0 Å². The van der Waals surface area contributed by atoms with Gasteiger partial charge in [0.2, 0.25) is 5.91 Å². The summed E-state index contributed by atoms with van der Waals surface area (Å²) in [5, 5.41) is 4.05. The first kappa shape index (κ1) is 17.3. The van der Waals surface area contributed by atoms with Crippen molar-refractivity contribution in [1.82, 2.24) is 20.1 Å². The Morgan fingerprint density at radius 3 is 2.60 bits per heavy atom. The number of hydrogen-bond acceptors (Lipinski definition) is 2. The Balaban J connectivity index is 1.43. The zero-order chi connectivity index (χ0) is 17.6. The normalized spacial score (nSPS) is 14.8. The molecule has 0 saturated carbocycles. The van der Waals surface area contributed by atoms with Gasteiger partial charge >= 0.3 is 6.03 Å². The van der Waals surface area contributed by atoms with E-state index in [0.717, 1.165) is 18.4 Å². The summed E-state index contributed by atoms with van der Waals surface area (Å²) in [6.07, 6.45) is 4.34. The summed E-state index contributed by atoms with van der Waals surface area (Å²) in [5.74, 6) is 0.190. The van der Waals surface area contributed by atoms with E-state index in [1.807, 2.05) is 30.2 Å². The summed E-state index contributed by atoms with van der Waals surface area (Å²) in [6, 6.07) is 8.21. The average Bonchev–Trinajstić information content (AvgIpc) is 3.05. The van der Waals surface area contributed by atoms with Crippen molar-refractivity contribution in [2.24, 2.45) is 0 Å². The lowest BCUT2D eigenvalue weighted by Gasteiger charge is -2.34. The molecule has 6 nitrogen and oxygen atoms in total. The number of aromatic amines is 1. The third-order valence-corrected chi connectivity index (χ3v) is 4.76. The van der Waals surface area contributed by atoms with Gasteiger partial charge in [-0.3, -0.25) is 4.79 Å². The van der Waals surface area contributed by atoms with E-state index in [4.69, 9.17) is 0 Å². The number of benzene rings is 1. The average molecular weight is 342 g/mol. The summed E-state index contributed by atoms with van der Waals surface area (Å²) in [4.78, 5) is 31.1. The smallest absolute Gasteiger partial charge is 0.317 e. The van der Waals surface area contributed by atoms with Crippen LogP contribution in [-0.2, 0) is 11.2 Å². The number of nitrogens with zero attached hydrogens (tertiary/aromatic N) is 2. The number of piperazine rings is 1. The first-order chi connectivity index (χ1) is 12.2. The van der Waals surface area contributed by atoms with Crippen molar-refractivity contribution in [3.8, 4) is 0 Å². The molecule has 25 heavy (non-hydrogen) atoms. The molecule has 0 spiro atoms. The molecule has 6 heteroatoms. The third kappa shape index (κ3) is 4.13. The highest BCUT2D eigenvalue weighted by Crippen LogP contribution is 2.19. The molecule has 2 heterocycles. The monoisotopic (exact) mass is 342 g/mol. The predicted molar refractivity (Wildman–Crippen MR) is 98.5 cm³/mol. The van der Waals surface area contributed by atoms with Gasteiger partial charge in [-0.25, -0.2) is 4.79 Å². The van der Waals surface area contributed by atoms with Crippen molar-refractivity contribution in [2.75, 3.05) is 32.7 Å². The second-order valence-corrected chi connectivity index (χ2v) is 6.42. The van der Waals surface area contributed by atoms with Crippen LogP contribution in [0.4, 0.5) is 4.79 Å². The number of amides is 3. The quantitative estimate of drug-likeness (QED) is 0.876. The first-order valence-electron chi connectivity index (χ1n) is 9.04. The van der Waals surface area contributed by atoms with Gasteiger partial charge in [0.05, 0.1) is 0 Å². The number of H-pyrrole nitrogens is 1. The fourth-order valence-electron chi connectivity index (χ4n) is 3.35. The van der Waals surface area contributed by atoms with Crippen molar-refractivity contribution in [2.45, 2.75) is 26.2 Å². The van der Waals surface area contributed by atoms with Crippen LogP contribution in [0.5, 0.6) is 0 Å². The van der Waals surface area contributed by atoms with E-state index in [2.05, 4.69) is 22.4 Å². The van der Waals surface area contributed by atoms with Gasteiger partial charge < -0.3 is 20.1 Å². The number of para-hydroxylation sites is 1. The van der Waals surface area contributed by atoms with Gasteiger partial charge in [0.15, 0.2) is 0 Å². The molecule has 0 unspecified atom stereocenters. The van der Waals surface area contributed by atoms with Crippen molar-refractivity contribution in [3.05, 3.63) is 36.0 Å². The van der Waals surface area contributed by atoms with Crippen molar-refractivity contribution >= 4 is 22.8 Å². The molecule has 0 radical (unpaired) electrons. The highest BCUT2D eigenvalue weighted by atomic mass is 16.2. The van der Waals surface area contributed by atoms with Crippen LogP contribution < -0.4 is 5.32 Å². The third-order valence-electron chi connectivity index (χ3n) is 4.76. The van der Waals surface area contributed by atoms with Crippen LogP contribution in [-0.4, -0.2) is 59.4 Å². The van der Waals surface area contributed by atoms with Crippen LogP contribution in [0.25, 0.3) is 10.9 Å². The standard InChI is InChI=1S/C19H26N4O2/c1-2-20-19(25)23-12-10-22(11-13-23)18(24)9-5-6-15-14-21-17-8-4-3-7-16(15)17/h3-4,7-8,14,21H,2,5-6,9-13H2,1H3,(H,20,25). The van der Waals surface area contributed by atoms with Gasteiger partial charge in [-0.05, 0) is 31.4 Å². The van der Waals surface area contributed by atoms with E-state index in [-0.39, 0.29) is 11.9 Å². The highest BCUT2D eigenvalue weighted by Gasteiger charge is 2.23. The number of aryl methyl sites for hydroxylation is 1. The van der Waals surface area contributed by atoms with Crippen LogP contribution in [0.3, 0.4) is 0 Å². The number of carbonyl (C=O) groups is 2. The molecule has 1 saturated heterocycles. The lowest BCUT2D eigenvalue weighted by atomic mass is 10.1. The summed E-state index contributed by atoms with van der Waals surface area (Å²) in [5.41, 5.74) is 2.41. The van der Waals surface area contributed by atoms with Gasteiger partial charge in [0.25, 0.3) is 0 Å². The lowest BCUT2D eigenvalue weighted by Crippen LogP contribution is -2.53. The molecule has 0 bridgehead atoms. The number of nitrogens with one attached hydrogen (secondary N) is 2. The Bertz CT molecular complexity index is 732. The maximum absolute atomic E-state index is 12.4. The molecule has 1 aromatic heterocycles. The van der Waals surface area contributed by atoms with Gasteiger partial charge in [0, 0.05) is 56.2 Å². The van der Waals surface area contributed by atoms with Crippen molar-refractivity contribution < 1.29 is 9.59 Å². The maximum Gasteiger partial charge on any atom is 0.317 e. The maximum atomic E-state index is 12.4. The van der Waals surface area contributed by atoms with E-state index in [0.29, 0.717) is 39.1 Å². The van der Waals surface area contributed by atoms with Crippen LogP contribution in [0.15, 0.2) is 30.5 Å². The second-order valence-electron chi connectivity index (χ2n) is 6.42. The van der Waals surface area contributed by atoms with Gasteiger partial charge in [-0.1, -0.05) is 18.2 Å². The van der Waals surface area contributed by atoms with Crippen LogP contribution in [0, 0.1) is 0 Å². The van der Waals surface area contributed by atoms with Crippen LogP contribution in [0.2, 0.25) is 0 Å². The largest absolute Gasteiger partial charge is 0.361 e. The zero-order valence-corrected chi connectivity index (χ0v) is 14.8. The molecular formula is C19H26N4O2. The lowest BCUT2D eigenvalue weighted by molar-refractivity contribution is -0.132. The Labute approximate surface area is 148 Å². The van der Waals surface area contributed by atoms with Crippen molar-refractivity contribution in [1.29, 1.82) is 0 Å². The molecule has 3 amide bonds. The Kier molecular flexibility index (Phi) is 5.58.